The minimum atomic E-state index is 0.873. The van der Waals surface area contributed by atoms with Crippen molar-refractivity contribution in [3.63, 3.8) is 0 Å². The molecule has 0 saturated carbocycles. The van der Waals surface area contributed by atoms with Crippen molar-refractivity contribution in [2.45, 2.75) is 13.8 Å². The molecule has 0 aliphatic heterocycles. The summed E-state index contributed by atoms with van der Waals surface area (Å²) in [6, 6.07) is 16.5. The molecule has 3 rings (SSSR count). The van der Waals surface area contributed by atoms with Crippen LogP contribution in [-0.2, 0) is 7.05 Å². The summed E-state index contributed by atoms with van der Waals surface area (Å²) in [7, 11) is 2.02. The summed E-state index contributed by atoms with van der Waals surface area (Å²) in [6.07, 6.45) is 0. The third kappa shape index (κ3) is 3.24. The van der Waals surface area contributed by atoms with Gasteiger partial charge in [-0.2, -0.15) is 0 Å². The van der Waals surface area contributed by atoms with Crippen molar-refractivity contribution in [3.05, 3.63) is 48.5 Å². The van der Waals surface area contributed by atoms with Crippen LogP contribution in [0.15, 0.2) is 58.8 Å². The molecule has 3 aromatic rings. The van der Waals surface area contributed by atoms with Gasteiger partial charge < -0.3 is 4.90 Å². The molecule has 0 fully saturated rings. The Kier molecular flexibility index (Phi) is 4.67. The van der Waals surface area contributed by atoms with Gasteiger partial charge >= 0.3 is 5.13 Å². The van der Waals surface area contributed by atoms with Crippen molar-refractivity contribution >= 4 is 38.1 Å². The van der Waals surface area contributed by atoms with E-state index in [1.54, 1.807) is 11.3 Å². The molecule has 1 aromatic heterocycles. The van der Waals surface area contributed by atoms with Crippen molar-refractivity contribution in [1.82, 2.24) is 0 Å². The first kappa shape index (κ1) is 15.6. The number of aromatic nitrogens is 1. The molecule has 0 amide bonds. The highest BCUT2D eigenvalue weighted by molar-refractivity contribution is 7.21. The first-order valence-electron chi connectivity index (χ1n) is 7.87. The van der Waals surface area contributed by atoms with Crippen LogP contribution in [0.4, 0.5) is 16.5 Å². The molecule has 118 valence electrons. The summed E-state index contributed by atoms with van der Waals surface area (Å²) in [4.78, 5) is 2.31. The highest BCUT2D eigenvalue weighted by Crippen LogP contribution is 2.27. The topological polar surface area (TPSA) is 31.8 Å². The summed E-state index contributed by atoms with van der Waals surface area (Å²) in [5.41, 5.74) is 3.28. The van der Waals surface area contributed by atoms with Gasteiger partial charge in [0.15, 0.2) is 0 Å². The molecule has 0 radical (unpaired) electrons. The van der Waals surface area contributed by atoms with E-state index in [-0.39, 0.29) is 0 Å². The van der Waals surface area contributed by atoms with Crippen LogP contribution in [0, 0.1) is 0 Å². The Balaban J connectivity index is 1.83. The van der Waals surface area contributed by atoms with Crippen molar-refractivity contribution in [3.8, 4) is 0 Å². The molecule has 0 unspecified atom stereocenters. The van der Waals surface area contributed by atoms with E-state index in [4.69, 9.17) is 0 Å². The van der Waals surface area contributed by atoms with Gasteiger partial charge in [-0.15, -0.1) is 0 Å². The van der Waals surface area contributed by atoms with Gasteiger partial charge in [0.05, 0.1) is 16.9 Å². The first-order chi connectivity index (χ1) is 11.2. The SMILES string of the molecule is CCN(CC)c1ccc(N=Nc2sc3ccccc3[n+]2C)cc1. The fraction of sp³-hybridized carbons (Fsp3) is 0.278. The number of hydrogen-bond donors (Lipinski definition) is 0. The molecule has 0 N–H and O–H groups in total. The number of para-hydroxylation sites is 1. The first-order valence-corrected chi connectivity index (χ1v) is 8.69. The lowest BCUT2D eigenvalue weighted by molar-refractivity contribution is -0.627. The lowest BCUT2D eigenvalue weighted by Gasteiger charge is -2.20. The van der Waals surface area contributed by atoms with E-state index in [0.717, 1.165) is 23.9 Å². The molecule has 0 spiro atoms. The Hall–Kier alpha value is -2.27. The summed E-state index contributed by atoms with van der Waals surface area (Å²) >= 11 is 1.65. The summed E-state index contributed by atoms with van der Waals surface area (Å²) in [5.74, 6) is 0. The summed E-state index contributed by atoms with van der Waals surface area (Å²) in [6.45, 7) is 6.35. The number of hydrogen-bond acceptors (Lipinski definition) is 4. The van der Waals surface area contributed by atoms with Gasteiger partial charge in [-0.25, -0.2) is 4.57 Å². The van der Waals surface area contributed by atoms with Crippen LogP contribution in [0.2, 0.25) is 0 Å². The van der Waals surface area contributed by atoms with Gasteiger partial charge in [-0.1, -0.05) is 12.1 Å². The van der Waals surface area contributed by atoms with Gasteiger partial charge in [0.1, 0.15) is 11.2 Å². The quantitative estimate of drug-likeness (QED) is 0.480. The molecule has 23 heavy (non-hydrogen) atoms. The third-order valence-corrected chi connectivity index (χ3v) is 5.05. The number of nitrogens with zero attached hydrogens (tertiary/aromatic N) is 4. The Morgan fingerprint density at radius 3 is 2.30 bits per heavy atom. The molecule has 0 saturated heterocycles. The van der Waals surface area contributed by atoms with Gasteiger partial charge in [0, 0.05) is 18.8 Å². The molecule has 0 bridgehead atoms. The summed E-state index contributed by atoms with van der Waals surface area (Å²) < 4.78 is 3.30. The van der Waals surface area contributed by atoms with Crippen LogP contribution >= 0.6 is 11.3 Å². The van der Waals surface area contributed by atoms with E-state index in [0.29, 0.717) is 0 Å². The zero-order chi connectivity index (χ0) is 16.2. The minimum Gasteiger partial charge on any atom is -0.372 e. The molecule has 0 aliphatic rings. The van der Waals surface area contributed by atoms with Crippen LogP contribution in [0.3, 0.4) is 0 Å². The second-order valence-corrected chi connectivity index (χ2v) is 6.31. The van der Waals surface area contributed by atoms with Crippen molar-refractivity contribution in [1.29, 1.82) is 0 Å². The average molecular weight is 325 g/mol. The molecular weight excluding hydrogens is 304 g/mol. The van der Waals surface area contributed by atoms with Crippen LogP contribution < -0.4 is 9.47 Å². The number of rotatable bonds is 5. The maximum atomic E-state index is 4.42. The van der Waals surface area contributed by atoms with Crippen LogP contribution in [0.1, 0.15) is 13.8 Å². The fourth-order valence-electron chi connectivity index (χ4n) is 2.60. The van der Waals surface area contributed by atoms with E-state index in [2.05, 4.69) is 57.8 Å². The van der Waals surface area contributed by atoms with E-state index < -0.39 is 0 Å². The van der Waals surface area contributed by atoms with E-state index in [1.807, 2.05) is 31.3 Å². The zero-order valence-electron chi connectivity index (χ0n) is 13.7. The zero-order valence-corrected chi connectivity index (χ0v) is 14.5. The molecule has 2 aromatic carbocycles. The largest absolute Gasteiger partial charge is 0.409 e. The summed E-state index contributed by atoms with van der Waals surface area (Å²) in [5, 5.41) is 9.70. The predicted molar refractivity (Wildman–Crippen MR) is 97.2 cm³/mol. The Labute approximate surface area is 140 Å². The number of azo groups is 1. The van der Waals surface area contributed by atoms with Crippen molar-refractivity contribution in [2.75, 3.05) is 18.0 Å². The van der Waals surface area contributed by atoms with Crippen LogP contribution in [-0.4, -0.2) is 13.1 Å². The number of anilines is 1. The molecular formula is C18H21N4S+. The number of fused-ring (bicyclic) bond motifs is 1. The third-order valence-electron chi connectivity index (χ3n) is 3.94. The predicted octanol–water partition coefficient (Wildman–Crippen LogP) is 4.99. The minimum absolute atomic E-state index is 0.873. The monoisotopic (exact) mass is 325 g/mol. The van der Waals surface area contributed by atoms with Crippen molar-refractivity contribution in [2.24, 2.45) is 17.3 Å². The average Bonchev–Trinajstić information content (AvgIpc) is 2.92. The van der Waals surface area contributed by atoms with Gasteiger partial charge in [-0.05, 0) is 66.7 Å². The highest BCUT2D eigenvalue weighted by Gasteiger charge is 2.15. The Morgan fingerprint density at radius 1 is 0.957 bits per heavy atom. The van der Waals surface area contributed by atoms with Gasteiger partial charge in [0.25, 0.3) is 0 Å². The molecule has 0 aliphatic carbocycles. The van der Waals surface area contributed by atoms with Gasteiger partial charge in [-0.3, -0.25) is 0 Å². The smallest absolute Gasteiger partial charge is 0.372 e. The number of thiazole rings is 1. The van der Waals surface area contributed by atoms with Crippen molar-refractivity contribution < 1.29 is 4.57 Å². The maximum Gasteiger partial charge on any atom is 0.409 e. The lowest BCUT2D eigenvalue weighted by Crippen LogP contribution is -2.25. The second-order valence-electron chi connectivity index (χ2n) is 5.30. The highest BCUT2D eigenvalue weighted by atomic mass is 32.1. The van der Waals surface area contributed by atoms with E-state index in [9.17, 15) is 0 Å². The van der Waals surface area contributed by atoms with E-state index >= 15 is 0 Å². The Morgan fingerprint density at radius 2 is 1.65 bits per heavy atom. The lowest BCUT2D eigenvalue weighted by atomic mass is 10.2. The second kappa shape index (κ2) is 6.87. The molecule has 4 nitrogen and oxygen atoms in total. The number of aryl methyl sites for hydroxylation is 1. The fourth-order valence-corrected chi connectivity index (χ4v) is 3.57. The number of benzene rings is 2. The maximum absolute atomic E-state index is 4.42. The van der Waals surface area contributed by atoms with Crippen LogP contribution in [0.5, 0.6) is 0 Å². The molecule has 5 heteroatoms. The standard InChI is InChI=1S/C18H21N4S/c1-4-22(5-2)15-12-10-14(11-13-15)19-20-18-21(3)16-8-6-7-9-17(16)23-18/h6-13H,4-5H2,1-3H3/q+1. The van der Waals surface area contributed by atoms with E-state index in [1.165, 1.54) is 15.9 Å². The molecule has 0 atom stereocenters. The van der Waals surface area contributed by atoms with Crippen LogP contribution in [0.25, 0.3) is 10.2 Å². The molecule has 1 heterocycles. The normalized spacial score (nSPS) is 11.4. The van der Waals surface area contributed by atoms with Gasteiger partial charge in [0.2, 0.25) is 0 Å². The Bertz CT molecular complexity index is 817.